The lowest BCUT2D eigenvalue weighted by atomic mass is 10.2. The molecule has 0 saturated carbocycles. The molecule has 2 aromatic rings. The molecule has 94 valence electrons. The normalized spacial score (nSPS) is 10.4. The van der Waals surface area contributed by atoms with Gasteiger partial charge in [-0.2, -0.15) is 0 Å². The molecule has 0 aliphatic rings. The molecule has 0 unspecified atom stereocenters. The van der Waals surface area contributed by atoms with E-state index in [1.807, 2.05) is 6.92 Å². The highest BCUT2D eigenvalue weighted by Crippen LogP contribution is 2.16. The van der Waals surface area contributed by atoms with Crippen LogP contribution in [0.2, 0.25) is 0 Å². The number of rotatable bonds is 3. The quantitative estimate of drug-likeness (QED) is 0.873. The van der Waals surface area contributed by atoms with Crippen LogP contribution in [0.15, 0.2) is 18.2 Å². The zero-order valence-electron chi connectivity index (χ0n) is 10.1. The molecule has 6 heteroatoms. The van der Waals surface area contributed by atoms with Crippen LogP contribution in [-0.2, 0) is 6.42 Å². The largest absolute Gasteiger partial charge is 0.319 e. The highest BCUT2D eigenvalue weighted by Gasteiger charge is 2.13. The Kier molecular flexibility index (Phi) is 3.36. The van der Waals surface area contributed by atoms with E-state index in [0.717, 1.165) is 5.56 Å². The summed E-state index contributed by atoms with van der Waals surface area (Å²) in [5.74, 6) is -0.175. The van der Waals surface area contributed by atoms with Gasteiger partial charge in [-0.1, -0.05) is 13.0 Å². The summed E-state index contributed by atoms with van der Waals surface area (Å²) in [7, 11) is 0. The summed E-state index contributed by atoms with van der Waals surface area (Å²) in [5.41, 5.74) is 1.19. The van der Waals surface area contributed by atoms with Crippen LogP contribution in [0, 0.1) is 12.7 Å². The average Bonchev–Trinajstić information content (AvgIpc) is 2.82. The molecule has 18 heavy (non-hydrogen) atoms. The lowest BCUT2D eigenvalue weighted by Gasteiger charge is -2.06. The number of aromatic amines is 1. The lowest BCUT2D eigenvalue weighted by molar-refractivity contribution is 0.101. The van der Waals surface area contributed by atoms with Gasteiger partial charge in [-0.05, 0) is 24.6 Å². The zero-order chi connectivity index (χ0) is 13.1. The van der Waals surface area contributed by atoms with Crippen molar-refractivity contribution in [2.75, 3.05) is 5.32 Å². The first-order valence-corrected chi connectivity index (χ1v) is 5.59. The van der Waals surface area contributed by atoms with E-state index in [0.29, 0.717) is 17.9 Å². The number of H-pyrrole nitrogens is 1. The van der Waals surface area contributed by atoms with Crippen molar-refractivity contribution in [3.63, 3.8) is 0 Å². The Morgan fingerprint density at radius 2 is 2.28 bits per heavy atom. The second-order valence-electron chi connectivity index (χ2n) is 3.87. The van der Waals surface area contributed by atoms with E-state index in [1.165, 1.54) is 12.1 Å². The summed E-state index contributed by atoms with van der Waals surface area (Å²) >= 11 is 0. The number of hydrogen-bond donors (Lipinski definition) is 2. The number of aryl methyl sites for hydroxylation is 2. The Morgan fingerprint density at radius 3 is 2.94 bits per heavy atom. The maximum atomic E-state index is 13.1. The molecule has 0 aliphatic carbocycles. The molecule has 1 aromatic heterocycles. The van der Waals surface area contributed by atoms with E-state index in [9.17, 15) is 9.18 Å². The van der Waals surface area contributed by atoms with Gasteiger partial charge in [-0.15, -0.1) is 5.10 Å². The molecule has 0 fully saturated rings. The number of nitrogens with zero attached hydrogens (tertiary/aromatic N) is 2. The predicted molar refractivity (Wildman–Crippen MR) is 64.9 cm³/mol. The maximum absolute atomic E-state index is 13.1. The van der Waals surface area contributed by atoms with E-state index in [4.69, 9.17) is 0 Å². The summed E-state index contributed by atoms with van der Waals surface area (Å²) in [5, 5.41) is 9.03. The van der Waals surface area contributed by atoms with Crippen molar-refractivity contribution < 1.29 is 9.18 Å². The van der Waals surface area contributed by atoms with Crippen molar-refractivity contribution in [1.29, 1.82) is 0 Å². The van der Waals surface area contributed by atoms with Gasteiger partial charge in [-0.3, -0.25) is 9.89 Å². The Hall–Kier alpha value is -2.24. The number of halogens is 1. The maximum Gasteiger partial charge on any atom is 0.295 e. The summed E-state index contributed by atoms with van der Waals surface area (Å²) in [6.07, 6.45) is 0.666. The highest BCUT2D eigenvalue weighted by atomic mass is 19.1. The molecule has 0 radical (unpaired) electrons. The van der Waals surface area contributed by atoms with Gasteiger partial charge in [0.1, 0.15) is 11.6 Å². The molecular formula is C12H13FN4O. The smallest absolute Gasteiger partial charge is 0.295 e. The van der Waals surface area contributed by atoms with E-state index in [1.54, 1.807) is 13.0 Å². The van der Waals surface area contributed by atoms with E-state index >= 15 is 0 Å². The number of aromatic nitrogens is 3. The van der Waals surface area contributed by atoms with Gasteiger partial charge in [0, 0.05) is 12.1 Å². The number of amides is 1. The average molecular weight is 248 g/mol. The molecule has 0 spiro atoms. The van der Waals surface area contributed by atoms with Crippen LogP contribution < -0.4 is 5.32 Å². The molecule has 2 rings (SSSR count). The minimum Gasteiger partial charge on any atom is -0.319 e. The van der Waals surface area contributed by atoms with Crippen molar-refractivity contribution in [2.24, 2.45) is 0 Å². The van der Waals surface area contributed by atoms with Gasteiger partial charge >= 0.3 is 0 Å². The molecule has 1 heterocycles. The van der Waals surface area contributed by atoms with Gasteiger partial charge < -0.3 is 5.32 Å². The minimum absolute atomic E-state index is 0.0514. The zero-order valence-corrected chi connectivity index (χ0v) is 10.1. The van der Waals surface area contributed by atoms with Crippen molar-refractivity contribution in [1.82, 2.24) is 15.2 Å². The molecule has 5 nitrogen and oxygen atoms in total. The lowest BCUT2D eigenvalue weighted by Crippen LogP contribution is -2.14. The topological polar surface area (TPSA) is 70.7 Å². The van der Waals surface area contributed by atoms with Gasteiger partial charge in [0.2, 0.25) is 5.82 Å². The molecule has 1 amide bonds. The van der Waals surface area contributed by atoms with Crippen LogP contribution in [0.3, 0.4) is 0 Å². The predicted octanol–water partition coefficient (Wildman–Crippen LogP) is 2.07. The SMILES string of the molecule is CCc1nc(C(=O)Nc2cc(F)ccc2C)n[nH]1. The third kappa shape index (κ3) is 2.53. The summed E-state index contributed by atoms with van der Waals surface area (Å²) in [6, 6.07) is 4.20. The fourth-order valence-corrected chi connectivity index (χ4v) is 1.46. The number of anilines is 1. The molecule has 0 aliphatic heterocycles. The number of carbonyl (C=O) groups is 1. The van der Waals surface area contributed by atoms with Crippen LogP contribution in [0.4, 0.5) is 10.1 Å². The third-order valence-corrected chi connectivity index (χ3v) is 2.52. The number of hydrogen-bond acceptors (Lipinski definition) is 3. The van der Waals surface area contributed by atoms with Crippen LogP contribution in [0.5, 0.6) is 0 Å². The second kappa shape index (κ2) is 4.95. The van der Waals surface area contributed by atoms with Crippen molar-refractivity contribution >= 4 is 11.6 Å². The number of carbonyl (C=O) groups excluding carboxylic acids is 1. The van der Waals surface area contributed by atoms with Crippen LogP contribution in [0.1, 0.15) is 28.9 Å². The summed E-state index contributed by atoms with van der Waals surface area (Å²) < 4.78 is 13.1. The molecule has 2 N–H and O–H groups in total. The van der Waals surface area contributed by atoms with Crippen LogP contribution >= 0.6 is 0 Å². The minimum atomic E-state index is -0.459. The van der Waals surface area contributed by atoms with E-state index in [-0.39, 0.29) is 5.82 Å². The van der Waals surface area contributed by atoms with Crippen LogP contribution in [0.25, 0.3) is 0 Å². The molecule has 1 aromatic carbocycles. The summed E-state index contributed by atoms with van der Waals surface area (Å²) in [4.78, 5) is 15.8. The fourth-order valence-electron chi connectivity index (χ4n) is 1.46. The van der Waals surface area contributed by atoms with Gasteiger partial charge in [0.05, 0.1) is 0 Å². The molecule has 0 atom stereocenters. The van der Waals surface area contributed by atoms with Crippen molar-refractivity contribution in [3.05, 3.63) is 41.2 Å². The Balaban J connectivity index is 2.18. The number of nitrogens with one attached hydrogen (secondary N) is 2. The molecule has 0 saturated heterocycles. The van der Waals surface area contributed by atoms with E-state index in [2.05, 4.69) is 20.5 Å². The van der Waals surface area contributed by atoms with E-state index < -0.39 is 11.7 Å². The first-order chi connectivity index (χ1) is 8.60. The standard InChI is InChI=1S/C12H13FN4O/c1-3-10-15-11(17-16-10)12(18)14-9-6-8(13)5-4-7(9)2/h4-6H,3H2,1-2H3,(H,14,18)(H,15,16,17). The number of benzene rings is 1. The van der Waals surface area contributed by atoms with Crippen molar-refractivity contribution in [3.8, 4) is 0 Å². The Labute approximate surface area is 103 Å². The highest BCUT2D eigenvalue weighted by molar-refractivity contribution is 6.01. The van der Waals surface area contributed by atoms with Crippen molar-refractivity contribution in [2.45, 2.75) is 20.3 Å². The molecule has 0 bridgehead atoms. The first kappa shape index (κ1) is 12.2. The van der Waals surface area contributed by atoms with Gasteiger partial charge in [0.25, 0.3) is 5.91 Å². The molecular weight excluding hydrogens is 235 g/mol. The van der Waals surface area contributed by atoms with Crippen LogP contribution in [-0.4, -0.2) is 21.1 Å². The Morgan fingerprint density at radius 1 is 1.50 bits per heavy atom. The second-order valence-corrected chi connectivity index (χ2v) is 3.87. The summed E-state index contributed by atoms with van der Waals surface area (Å²) in [6.45, 7) is 3.68. The fraction of sp³-hybridized carbons (Fsp3) is 0.250. The Bertz CT molecular complexity index is 579. The van der Waals surface area contributed by atoms with Gasteiger partial charge in [0.15, 0.2) is 0 Å². The monoisotopic (exact) mass is 248 g/mol. The third-order valence-electron chi connectivity index (χ3n) is 2.52. The van der Waals surface area contributed by atoms with Gasteiger partial charge in [-0.25, -0.2) is 9.37 Å². The first-order valence-electron chi connectivity index (χ1n) is 5.59.